The summed E-state index contributed by atoms with van der Waals surface area (Å²) < 4.78 is 10.7. The largest absolute Gasteiger partial charge is 0.494 e. The fourth-order valence-electron chi connectivity index (χ4n) is 2.78. The molecule has 0 spiro atoms. The molecule has 148 valence electrons. The molecule has 1 aliphatic heterocycles. The number of ether oxygens (including phenoxy) is 2. The van der Waals surface area contributed by atoms with Gasteiger partial charge in [0.25, 0.3) is 11.8 Å². The number of nitrogens with zero attached hydrogens (tertiary/aromatic N) is 1. The van der Waals surface area contributed by atoms with E-state index in [0.29, 0.717) is 31.0 Å². The lowest BCUT2D eigenvalue weighted by molar-refractivity contribution is -0.157. The average Bonchev–Trinajstić information content (AvgIpc) is 3.21. The third kappa shape index (κ3) is 6.58. The highest BCUT2D eigenvalue weighted by atomic mass is 16.5. The maximum atomic E-state index is 12.1. The molecule has 7 nitrogen and oxygen atoms in total. The molecule has 1 fully saturated rings. The number of nitrogens with one attached hydrogen (secondary N) is 1. The van der Waals surface area contributed by atoms with Gasteiger partial charge in [-0.2, -0.15) is 0 Å². The van der Waals surface area contributed by atoms with Crippen LogP contribution in [0.4, 0.5) is 0 Å². The quantitative estimate of drug-likeness (QED) is 0.527. The molecule has 2 rings (SSSR count). The second-order valence-corrected chi connectivity index (χ2v) is 6.57. The van der Waals surface area contributed by atoms with Crippen molar-refractivity contribution in [1.82, 2.24) is 10.2 Å². The molecule has 1 aromatic carbocycles. The Kier molecular flexibility index (Phi) is 8.10. The molecule has 1 heterocycles. The number of rotatable bonds is 9. The van der Waals surface area contributed by atoms with E-state index in [4.69, 9.17) is 9.47 Å². The molecule has 1 N–H and O–H groups in total. The highest BCUT2D eigenvalue weighted by Gasteiger charge is 2.25. The summed E-state index contributed by atoms with van der Waals surface area (Å²) in [5.74, 6) is -0.506. The van der Waals surface area contributed by atoms with Gasteiger partial charge in [0.1, 0.15) is 12.3 Å². The molecule has 7 heteroatoms. The summed E-state index contributed by atoms with van der Waals surface area (Å²) >= 11 is 0. The van der Waals surface area contributed by atoms with Crippen LogP contribution in [-0.4, -0.2) is 55.0 Å². The molecule has 1 aliphatic rings. The second kappa shape index (κ2) is 10.5. The normalized spacial score (nSPS) is 14.5. The molecule has 0 radical (unpaired) electrons. The Balaban J connectivity index is 1.73. The van der Waals surface area contributed by atoms with E-state index < -0.39 is 12.1 Å². The SMILES string of the molecule is CCCCOc1ccc(C(=O)NCC(=O)O[C@@H](C)C(=O)N2CCCC2)cc1. The number of amides is 2. The van der Waals surface area contributed by atoms with Crippen LogP contribution in [0.3, 0.4) is 0 Å². The summed E-state index contributed by atoms with van der Waals surface area (Å²) in [5.41, 5.74) is 0.423. The first-order chi connectivity index (χ1) is 13.0. The van der Waals surface area contributed by atoms with Crippen LogP contribution >= 0.6 is 0 Å². The van der Waals surface area contributed by atoms with Gasteiger partial charge in [0, 0.05) is 18.7 Å². The van der Waals surface area contributed by atoms with E-state index in [1.54, 1.807) is 36.1 Å². The fraction of sp³-hybridized carbons (Fsp3) is 0.550. The van der Waals surface area contributed by atoms with Crippen molar-refractivity contribution < 1.29 is 23.9 Å². The molecule has 0 saturated carbocycles. The lowest BCUT2D eigenvalue weighted by atomic mass is 10.2. The summed E-state index contributed by atoms with van der Waals surface area (Å²) in [7, 11) is 0. The van der Waals surface area contributed by atoms with Crippen LogP contribution in [0, 0.1) is 0 Å². The van der Waals surface area contributed by atoms with E-state index in [0.717, 1.165) is 25.7 Å². The summed E-state index contributed by atoms with van der Waals surface area (Å²) in [6.45, 7) is 5.40. The number of carbonyl (C=O) groups is 3. The van der Waals surface area contributed by atoms with Crippen LogP contribution in [0.1, 0.15) is 49.9 Å². The molecule has 0 aliphatic carbocycles. The van der Waals surface area contributed by atoms with Gasteiger partial charge in [0.2, 0.25) is 0 Å². The third-order valence-electron chi connectivity index (χ3n) is 4.35. The maximum Gasteiger partial charge on any atom is 0.326 e. The highest BCUT2D eigenvalue weighted by Crippen LogP contribution is 2.13. The zero-order valence-corrected chi connectivity index (χ0v) is 16.0. The lowest BCUT2D eigenvalue weighted by Crippen LogP contribution is -2.40. The Labute approximate surface area is 160 Å². The van der Waals surface area contributed by atoms with Crippen molar-refractivity contribution in [3.63, 3.8) is 0 Å². The van der Waals surface area contributed by atoms with Gasteiger partial charge in [-0.15, -0.1) is 0 Å². The Morgan fingerprint density at radius 1 is 1.15 bits per heavy atom. The number of esters is 1. The molecule has 27 heavy (non-hydrogen) atoms. The minimum absolute atomic E-state index is 0.189. The van der Waals surface area contributed by atoms with E-state index >= 15 is 0 Å². The second-order valence-electron chi connectivity index (χ2n) is 6.57. The smallest absolute Gasteiger partial charge is 0.326 e. The third-order valence-corrected chi connectivity index (χ3v) is 4.35. The lowest BCUT2D eigenvalue weighted by Gasteiger charge is -2.20. The number of benzene rings is 1. The molecule has 0 unspecified atom stereocenters. The first kappa shape index (κ1) is 20.7. The number of hydrogen-bond donors (Lipinski definition) is 1. The van der Waals surface area contributed by atoms with E-state index in [1.165, 1.54) is 0 Å². The summed E-state index contributed by atoms with van der Waals surface area (Å²) in [6.07, 6.45) is 3.14. The van der Waals surface area contributed by atoms with Crippen molar-refractivity contribution in [1.29, 1.82) is 0 Å². The van der Waals surface area contributed by atoms with Crippen molar-refractivity contribution in [2.24, 2.45) is 0 Å². The zero-order chi connectivity index (χ0) is 19.6. The molecular weight excluding hydrogens is 348 g/mol. The van der Waals surface area contributed by atoms with Gasteiger partial charge in [-0.3, -0.25) is 14.4 Å². The van der Waals surface area contributed by atoms with Crippen LogP contribution in [-0.2, 0) is 14.3 Å². The number of likely N-dealkylation sites (tertiary alicyclic amines) is 1. The highest BCUT2D eigenvalue weighted by molar-refractivity contribution is 5.96. The van der Waals surface area contributed by atoms with Crippen molar-refractivity contribution in [3.05, 3.63) is 29.8 Å². The topological polar surface area (TPSA) is 84.9 Å². The van der Waals surface area contributed by atoms with E-state index in [-0.39, 0.29) is 18.4 Å². The minimum Gasteiger partial charge on any atom is -0.494 e. The Morgan fingerprint density at radius 3 is 2.44 bits per heavy atom. The van der Waals surface area contributed by atoms with Gasteiger partial charge in [0.05, 0.1) is 6.61 Å². The number of hydrogen-bond acceptors (Lipinski definition) is 5. The Bertz CT molecular complexity index is 638. The van der Waals surface area contributed by atoms with Crippen molar-refractivity contribution in [2.45, 2.75) is 45.6 Å². The number of carbonyl (C=O) groups excluding carboxylic acids is 3. The number of unbranched alkanes of at least 4 members (excludes halogenated alkanes) is 1. The molecule has 1 atom stereocenters. The minimum atomic E-state index is -0.841. The van der Waals surface area contributed by atoms with Gasteiger partial charge in [-0.05, 0) is 50.5 Å². The molecular formula is C20H28N2O5. The Morgan fingerprint density at radius 2 is 1.81 bits per heavy atom. The summed E-state index contributed by atoms with van der Waals surface area (Å²) in [4.78, 5) is 37.8. The van der Waals surface area contributed by atoms with Crippen molar-refractivity contribution in [2.75, 3.05) is 26.2 Å². The van der Waals surface area contributed by atoms with Crippen LogP contribution in [0.25, 0.3) is 0 Å². The summed E-state index contributed by atoms with van der Waals surface area (Å²) in [5, 5.41) is 2.51. The van der Waals surface area contributed by atoms with Crippen LogP contribution in [0.5, 0.6) is 5.75 Å². The van der Waals surface area contributed by atoms with Gasteiger partial charge in [-0.25, -0.2) is 0 Å². The van der Waals surface area contributed by atoms with E-state index in [1.807, 2.05) is 0 Å². The predicted octanol–water partition coefficient (Wildman–Crippen LogP) is 2.15. The van der Waals surface area contributed by atoms with E-state index in [9.17, 15) is 14.4 Å². The average molecular weight is 376 g/mol. The maximum absolute atomic E-state index is 12.1. The van der Waals surface area contributed by atoms with Crippen LogP contribution in [0.15, 0.2) is 24.3 Å². The van der Waals surface area contributed by atoms with Gasteiger partial charge in [0.15, 0.2) is 6.10 Å². The fourth-order valence-corrected chi connectivity index (χ4v) is 2.78. The van der Waals surface area contributed by atoms with Crippen LogP contribution < -0.4 is 10.1 Å². The molecule has 1 saturated heterocycles. The first-order valence-corrected chi connectivity index (χ1v) is 9.50. The Hall–Kier alpha value is -2.57. The molecule has 0 bridgehead atoms. The van der Waals surface area contributed by atoms with Gasteiger partial charge < -0.3 is 19.7 Å². The zero-order valence-electron chi connectivity index (χ0n) is 16.0. The monoisotopic (exact) mass is 376 g/mol. The van der Waals surface area contributed by atoms with Crippen molar-refractivity contribution in [3.8, 4) is 5.75 Å². The predicted molar refractivity (Wildman–Crippen MR) is 101 cm³/mol. The summed E-state index contributed by atoms with van der Waals surface area (Å²) in [6, 6.07) is 6.72. The standard InChI is InChI=1S/C20H28N2O5/c1-3-4-13-26-17-9-7-16(8-10-17)19(24)21-14-18(23)27-15(2)20(25)22-11-5-6-12-22/h7-10,15H,3-6,11-14H2,1-2H3,(H,21,24)/t15-/m0/s1. The molecule has 0 aromatic heterocycles. The molecule has 1 aromatic rings. The van der Waals surface area contributed by atoms with Gasteiger partial charge >= 0.3 is 5.97 Å². The first-order valence-electron chi connectivity index (χ1n) is 9.50. The molecule has 2 amide bonds. The van der Waals surface area contributed by atoms with Crippen LogP contribution in [0.2, 0.25) is 0 Å². The van der Waals surface area contributed by atoms with E-state index in [2.05, 4.69) is 12.2 Å². The van der Waals surface area contributed by atoms with Gasteiger partial charge in [-0.1, -0.05) is 13.3 Å². The van der Waals surface area contributed by atoms with Crippen molar-refractivity contribution >= 4 is 17.8 Å².